The predicted molar refractivity (Wildman–Crippen MR) is 62.3 cm³/mol. The van der Waals surface area contributed by atoms with Gasteiger partial charge in [0.1, 0.15) is 6.04 Å². The first-order valence-electron chi connectivity index (χ1n) is 5.30. The van der Waals surface area contributed by atoms with Crippen molar-refractivity contribution in [2.24, 2.45) is 5.73 Å². The molecule has 1 aliphatic heterocycles. The fraction of sp³-hybridized carbons (Fsp3) is 0.400. The Morgan fingerprint density at radius 1 is 1.50 bits per heavy atom. The van der Waals surface area contributed by atoms with E-state index in [2.05, 4.69) is 4.98 Å². The molecule has 3 N–H and O–H groups in total. The molecular formula is C10H11N3O4S. The summed E-state index contributed by atoms with van der Waals surface area (Å²) in [5.41, 5.74) is 5.05. The number of rotatable bonds is 3. The highest BCUT2D eigenvalue weighted by atomic mass is 32.1. The topological polar surface area (TPSA) is 114 Å². The molecule has 2 amide bonds. The molecule has 0 bridgehead atoms. The minimum atomic E-state index is -1.18. The van der Waals surface area contributed by atoms with E-state index in [0.29, 0.717) is 19.4 Å². The Bertz CT molecular complexity index is 513. The van der Waals surface area contributed by atoms with Crippen molar-refractivity contribution in [3.05, 3.63) is 16.1 Å². The van der Waals surface area contributed by atoms with Crippen LogP contribution in [0.3, 0.4) is 0 Å². The average molecular weight is 269 g/mol. The van der Waals surface area contributed by atoms with E-state index in [4.69, 9.17) is 10.8 Å². The van der Waals surface area contributed by atoms with Crippen LogP contribution >= 0.6 is 11.3 Å². The SMILES string of the molecule is NC(=O)C1CCCN1C(=O)c1nc(C(=O)O)cs1. The number of primary amides is 1. The van der Waals surface area contributed by atoms with Crippen molar-refractivity contribution in [3.63, 3.8) is 0 Å². The smallest absolute Gasteiger partial charge is 0.355 e. The molecular weight excluding hydrogens is 258 g/mol. The van der Waals surface area contributed by atoms with Crippen LogP contribution in [0.25, 0.3) is 0 Å². The number of likely N-dealkylation sites (tertiary alicyclic amines) is 1. The first-order chi connectivity index (χ1) is 8.50. The second-order valence-electron chi connectivity index (χ2n) is 3.90. The van der Waals surface area contributed by atoms with Crippen molar-refractivity contribution in [2.45, 2.75) is 18.9 Å². The summed E-state index contributed by atoms with van der Waals surface area (Å²) in [6.07, 6.45) is 1.24. The monoisotopic (exact) mass is 269 g/mol. The molecule has 2 rings (SSSR count). The molecule has 1 aromatic rings. The molecule has 1 unspecified atom stereocenters. The first kappa shape index (κ1) is 12.5. The number of nitrogens with two attached hydrogens (primary N) is 1. The maximum atomic E-state index is 12.1. The number of carbonyl (C=O) groups is 3. The molecule has 1 atom stereocenters. The lowest BCUT2D eigenvalue weighted by Gasteiger charge is -2.20. The van der Waals surface area contributed by atoms with Crippen LogP contribution in [-0.2, 0) is 4.79 Å². The van der Waals surface area contributed by atoms with E-state index < -0.39 is 23.8 Å². The molecule has 1 aromatic heterocycles. The summed E-state index contributed by atoms with van der Waals surface area (Å²) in [5, 5.41) is 10.1. The second kappa shape index (κ2) is 4.73. The summed E-state index contributed by atoms with van der Waals surface area (Å²) in [6.45, 7) is 0.439. The summed E-state index contributed by atoms with van der Waals surface area (Å²) in [7, 11) is 0. The summed E-state index contributed by atoms with van der Waals surface area (Å²) < 4.78 is 0. The molecule has 0 saturated carbocycles. The number of carboxylic acids is 1. The van der Waals surface area contributed by atoms with Gasteiger partial charge in [-0.15, -0.1) is 11.3 Å². The number of hydrogen-bond donors (Lipinski definition) is 2. The Balaban J connectivity index is 2.20. The largest absolute Gasteiger partial charge is 0.476 e. The van der Waals surface area contributed by atoms with Crippen LogP contribution in [0.4, 0.5) is 0 Å². The van der Waals surface area contributed by atoms with Crippen LogP contribution in [0.15, 0.2) is 5.38 Å². The van der Waals surface area contributed by atoms with Gasteiger partial charge < -0.3 is 15.7 Å². The van der Waals surface area contributed by atoms with E-state index in [0.717, 1.165) is 11.3 Å². The lowest BCUT2D eigenvalue weighted by atomic mass is 10.2. The first-order valence-corrected chi connectivity index (χ1v) is 6.17. The Morgan fingerprint density at radius 2 is 2.22 bits per heavy atom. The fourth-order valence-electron chi connectivity index (χ4n) is 1.90. The minimum absolute atomic E-state index is 0.0700. The van der Waals surface area contributed by atoms with E-state index in [1.54, 1.807) is 0 Å². The van der Waals surface area contributed by atoms with Crippen molar-refractivity contribution in [2.75, 3.05) is 6.54 Å². The summed E-state index contributed by atoms with van der Waals surface area (Å²) in [6, 6.07) is -0.616. The van der Waals surface area contributed by atoms with Gasteiger partial charge in [-0.3, -0.25) is 9.59 Å². The van der Waals surface area contributed by atoms with Crippen molar-refractivity contribution >= 4 is 29.1 Å². The third-order valence-corrected chi connectivity index (χ3v) is 3.58. The van der Waals surface area contributed by atoms with E-state index in [-0.39, 0.29) is 10.7 Å². The molecule has 0 aliphatic carbocycles. The number of thiazole rings is 1. The zero-order valence-electron chi connectivity index (χ0n) is 9.33. The zero-order chi connectivity index (χ0) is 13.3. The summed E-state index contributed by atoms with van der Waals surface area (Å²) in [4.78, 5) is 39.0. The Morgan fingerprint density at radius 3 is 2.78 bits per heavy atom. The quantitative estimate of drug-likeness (QED) is 0.797. The van der Waals surface area contributed by atoms with Crippen LogP contribution < -0.4 is 5.73 Å². The molecule has 8 heteroatoms. The fourth-order valence-corrected chi connectivity index (χ4v) is 2.64. The number of carbonyl (C=O) groups excluding carboxylic acids is 2. The molecule has 1 saturated heterocycles. The van der Waals surface area contributed by atoms with E-state index in [1.807, 2.05) is 0 Å². The van der Waals surface area contributed by atoms with Crippen molar-refractivity contribution in [3.8, 4) is 0 Å². The number of aromatic nitrogens is 1. The van der Waals surface area contributed by atoms with Gasteiger partial charge in [0.15, 0.2) is 10.7 Å². The van der Waals surface area contributed by atoms with Crippen molar-refractivity contribution in [1.29, 1.82) is 0 Å². The van der Waals surface area contributed by atoms with Gasteiger partial charge in [-0.2, -0.15) is 0 Å². The third kappa shape index (κ3) is 2.19. The van der Waals surface area contributed by atoms with Gasteiger partial charge in [0.05, 0.1) is 0 Å². The molecule has 96 valence electrons. The zero-order valence-corrected chi connectivity index (χ0v) is 10.1. The Hall–Kier alpha value is -1.96. The standard InChI is InChI=1S/C10H11N3O4S/c11-7(14)6-2-1-3-13(6)9(15)8-12-5(4-18-8)10(16)17/h4,6H,1-3H2,(H2,11,14)(H,16,17). The van der Waals surface area contributed by atoms with Gasteiger partial charge in [-0.1, -0.05) is 0 Å². The normalized spacial score (nSPS) is 18.9. The molecule has 0 aromatic carbocycles. The second-order valence-corrected chi connectivity index (χ2v) is 4.76. The molecule has 2 heterocycles. The van der Waals surface area contributed by atoms with Gasteiger partial charge >= 0.3 is 5.97 Å². The van der Waals surface area contributed by atoms with Crippen LogP contribution in [0.5, 0.6) is 0 Å². The van der Waals surface area contributed by atoms with Crippen molar-refractivity contribution in [1.82, 2.24) is 9.88 Å². The highest BCUT2D eigenvalue weighted by Crippen LogP contribution is 2.21. The molecule has 1 fully saturated rings. The lowest BCUT2D eigenvalue weighted by molar-refractivity contribution is -0.121. The number of nitrogens with zero attached hydrogens (tertiary/aromatic N) is 2. The average Bonchev–Trinajstić information content (AvgIpc) is 2.97. The van der Waals surface area contributed by atoms with Crippen LogP contribution in [0.2, 0.25) is 0 Å². The highest BCUT2D eigenvalue weighted by molar-refractivity contribution is 7.11. The van der Waals surface area contributed by atoms with E-state index in [9.17, 15) is 14.4 Å². The number of amides is 2. The van der Waals surface area contributed by atoms with Crippen LogP contribution in [0.1, 0.15) is 33.1 Å². The summed E-state index contributed by atoms with van der Waals surface area (Å²) in [5.74, 6) is -2.16. The molecule has 7 nitrogen and oxygen atoms in total. The molecule has 18 heavy (non-hydrogen) atoms. The maximum Gasteiger partial charge on any atom is 0.355 e. The number of aromatic carboxylic acids is 1. The minimum Gasteiger partial charge on any atom is -0.476 e. The lowest BCUT2D eigenvalue weighted by Crippen LogP contribution is -2.43. The van der Waals surface area contributed by atoms with Crippen LogP contribution in [0, 0.1) is 0 Å². The van der Waals surface area contributed by atoms with Gasteiger partial charge in [-0.25, -0.2) is 9.78 Å². The van der Waals surface area contributed by atoms with E-state index >= 15 is 0 Å². The van der Waals surface area contributed by atoms with Gasteiger partial charge in [-0.05, 0) is 12.8 Å². The highest BCUT2D eigenvalue weighted by Gasteiger charge is 2.34. The number of carboxylic acid groups (broad SMARTS) is 1. The van der Waals surface area contributed by atoms with Crippen molar-refractivity contribution < 1.29 is 19.5 Å². The summed E-state index contributed by atoms with van der Waals surface area (Å²) >= 11 is 0.951. The predicted octanol–water partition coefficient (Wildman–Crippen LogP) is -0.0688. The Labute approximate surface area is 106 Å². The number of hydrogen-bond acceptors (Lipinski definition) is 5. The Kier molecular flexibility index (Phi) is 3.28. The van der Waals surface area contributed by atoms with Gasteiger partial charge in [0.25, 0.3) is 5.91 Å². The molecule has 0 spiro atoms. The van der Waals surface area contributed by atoms with Gasteiger partial charge in [0.2, 0.25) is 5.91 Å². The molecule has 0 radical (unpaired) electrons. The third-order valence-electron chi connectivity index (χ3n) is 2.75. The maximum absolute atomic E-state index is 12.1. The van der Waals surface area contributed by atoms with E-state index in [1.165, 1.54) is 10.3 Å². The molecule has 1 aliphatic rings. The van der Waals surface area contributed by atoms with Crippen LogP contribution in [-0.4, -0.2) is 45.4 Å². The van der Waals surface area contributed by atoms with Gasteiger partial charge in [0, 0.05) is 11.9 Å².